The van der Waals surface area contributed by atoms with E-state index in [1.54, 1.807) is 24.3 Å². The van der Waals surface area contributed by atoms with Crippen molar-refractivity contribution in [2.75, 3.05) is 0 Å². The molecule has 0 radical (unpaired) electrons. The molecule has 3 rings (SSSR count). The molecule has 2 aromatic carbocycles. The number of phenolic OH excluding ortho intramolecular Hbond substituents is 1. The molecule has 3 aromatic rings. The van der Waals surface area contributed by atoms with E-state index in [9.17, 15) is 14.7 Å². The molecule has 0 amide bonds. The second-order valence-electron chi connectivity index (χ2n) is 4.32. The zero-order chi connectivity index (χ0) is 14.1. The molecule has 5 nitrogen and oxygen atoms in total. The number of ketones is 1. The van der Waals surface area contributed by atoms with E-state index in [0.29, 0.717) is 5.56 Å². The summed E-state index contributed by atoms with van der Waals surface area (Å²) >= 11 is 0. The zero-order valence-electron chi connectivity index (χ0n) is 10.3. The third-order valence-electron chi connectivity index (χ3n) is 3.02. The third-order valence-corrected chi connectivity index (χ3v) is 3.02. The van der Waals surface area contributed by atoms with E-state index in [4.69, 9.17) is 0 Å². The van der Waals surface area contributed by atoms with E-state index >= 15 is 0 Å². The van der Waals surface area contributed by atoms with Gasteiger partial charge >= 0.3 is 0 Å². The maximum atomic E-state index is 12.3. The monoisotopic (exact) mass is 266 g/mol. The van der Waals surface area contributed by atoms with Crippen molar-refractivity contribution in [1.82, 2.24) is 9.97 Å². The Morgan fingerprint density at radius 1 is 1.10 bits per heavy atom. The Morgan fingerprint density at radius 3 is 2.60 bits per heavy atom. The Kier molecular flexibility index (Phi) is 2.80. The summed E-state index contributed by atoms with van der Waals surface area (Å²) in [5.74, 6) is -0.445. The van der Waals surface area contributed by atoms with Gasteiger partial charge < -0.3 is 10.1 Å². The van der Waals surface area contributed by atoms with Crippen LogP contribution in [0.3, 0.4) is 0 Å². The fourth-order valence-electron chi connectivity index (χ4n) is 2.05. The van der Waals surface area contributed by atoms with Crippen molar-refractivity contribution >= 4 is 16.7 Å². The minimum absolute atomic E-state index is 0.179. The van der Waals surface area contributed by atoms with Crippen LogP contribution in [0.1, 0.15) is 15.9 Å². The van der Waals surface area contributed by atoms with Crippen LogP contribution in [0.2, 0.25) is 0 Å². The van der Waals surface area contributed by atoms with Gasteiger partial charge in [0.15, 0.2) is 5.78 Å². The van der Waals surface area contributed by atoms with Gasteiger partial charge in [0.25, 0.3) is 5.56 Å². The lowest BCUT2D eigenvalue weighted by Crippen LogP contribution is -2.08. The predicted octanol–water partition coefficient (Wildman–Crippen LogP) is 1.86. The lowest BCUT2D eigenvalue weighted by molar-refractivity contribution is 0.103. The largest absolute Gasteiger partial charge is 0.506 e. The van der Waals surface area contributed by atoms with E-state index in [-0.39, 0.29) is 28.0 Å². The fraction of sp³-hybridized carbons (Fsp3) is 0. The van der Waals surface area contributed by atoms with Gasteiger partial charge in [0.1, 0.15) is 11.3 Å². The molecule has 0 saturated carbocycles. The molecule has 0 bridgehead atoms. The van der Waals surface area contributed by atoms with Gasteiger partial charge in [0.05, 0.1) is 11.7 Å². The van der Waals surface area contributed by atoms with Crippen molar-refractivity contribution in [2.45, 2.75) is 0 Å². The number of aromatic amines is 1. The van der Waals surface area contributed by atoms with Crippen molar-refractivity contribution < 1.29 is 9.90 Å². The first kappa shape index (κ1) is 12.1. The van der Waals surface area contributed by atoms with Crippen molar-refractivity contribution in [3.05, 3.63) is 70.3 Å². The van der Waals surface area contributed by atoms with E-state index < -0.39 is 5.56 Å². The molecular formula is C15H10N2O3. The Bertz CT molecular complexity index is 854. The van der Waals surface area contributed by atoms with Crippen molar-refractivity contribution in [1.29, 1.82) is 0 Å². The van der Waals surface area contributed by atoms with Crippen LogP contribution in [-0.2, 0) is 0 Å². The number of H-pyrrole nitrogens is 1. The summed E-state index contributed by atoms with van der Waals surface area (Å²) in [6.07, 6.45) is 1.21. The number of carbonyl (C=O) groups excluding carboxylic acids is 1. The molecule has 0 spiro atoms. The molecule has 0 fully saturated rings. The van der Waals surface area contributed by atoms with Gasteiger partial charge in [-0.25, -0.2) is 4.98 Å². The molecule has 0 saturated heterocycles. The van der Waals surface area contributed by atoms with Crippen molar-refractivity contribution in [3.63, 3.8) is 0 Å². The standard InChI is InChI=1S/C15H10N2O3/c18-12-7-10(14(19)9-4-2-1-3-5-9)6-11-13(12)16-8-17-15(11)20/h1-8,18H,(H,16,17,20). The molecule has 1 aromatic heterocycles. The minimum atomic E-state index is -0.395. The number of carbonyl (C=O) groups is 1. The molecule has 1 heterocycles. The Morgan fingerprint density at radius 2 is 1.85 bits per heavy atom. The first-order valence-corrected chi connectivity index (χ1v) is 5.97. The van der Waals surface area contributed by atoms with E-state index in [0.717, 1.165) is 0 Å². The number of fused-ring (bicyclic) bond motifs is 1. The number of phenols is 1. The molecule has 20 heavy (non-hydrogen) atoms. The van der Waals surface area contributed by atoms with Gasteiger partial charge in [-0.15, -0.1) is 0 Å². The summed E-state index contributed by atoms with van der Waals surface area (Å²) in [5, 5.41) is 10.1. The number of benzene rings is 2. The fourth-order valence-corrected chi connectivity index (χ4v) is 2.05. The SMILES string of the molecule is O=C(c1ccccc1)c1cc(O)c2nc[nH]c(=O)c2c1. The predicted molar refractivity (Wildman–Crippen MR) is 73.9 cm³/mol. The normalized spacial score (nSPS) is 10.6. The maximum Gasteiger partial charge on any atom is 0.258 e. The Labute approximate surface area is 113 Å². The molecule has 2 N–H and O–H groups in total. The zero-order valence-corrected chi connectivity index (χ0v) is 10.3. The highest BCUT2D eigenvalue weighted by Crippen LogP contribution is 2.23. The summed E-state index contributed by atoms with van der Waals surface area (Å²) in [6, 6.07) is 11.4. The van der Waals surface area contributed by atoms with Gasteiger partial charge in [0.2, 0.25) is 0 Å². The summed E-state index contributed by atoms with van der Waals surface area (Å²) in [4.78, 5) is 30.4. The average molecular weight is 266 g/mol. The number of nitrogens with one attached hydrogen (secondary N) is 1. The van der Waals surface area contributed by atoms with Crippen LogP contribution in [0.4, 0.5) is 0 Å². The van der Waals surface area contributed by atoms with E-state index in [1.165, 1.54) is 18.5 Å². The number of nitrogens with zero attached hydrogens (tertiary/aromatic N) is 1. The first-order valence-electron chi connectivity index (χ1n) is 5.97. The van der Waals surface area contributed by atoms with Crippen LogP contribution >= 0.6 is 0 Å². The number of aromatic nitrogens is 2. The van der Waals surface area contributed by atoms with Crippen LogP contribution in [0, 0.1) is 0 Å². The smallest absolute Gasteiger partial charge is 0.258 e. The molecule has 0 aliphatic rings. The number of rotatable bonds is 2. The topological polar surface area (TPSA) is 83.0 Å². The quantitative estimate of drug-likeness (QED) is 0.693. The Hall–Kier alpha value is -2.95. The summed E-state index contributed by atoms with van der Waals surface area (Å²) in [5.41, 5.74) is 0.526. The number of hydrogen-bond donors (Lipinski definition) is 2. The lowest BCUT2D eigenvalue weighted by atomic mass is 10.0. The second-order valence-corrected chi connectivity index (χ2v) is 4.32. The highest BCUT2D eigenvalue weighted by atomic mass is 16.3. The molecule has 0 atom stereocenters. The molecule has 98 valence electrons. The summed E-state index contributed by atoms with van der Waals surface area (Å²) in [6.45, 7) is 0. The highest BCUT2D eigenvalue weighted by Gasteiger charge is 2.13. The van der Waals surface area contributed by atoms with Gasteiger partial charge in [0, 0.05) is 11.1 Å². The van der Waals surface area contributed by atoms with Crippen molar-refractivity contribution in [3.8, 4) is 5.75 Å². The lowest BCUT2D eigenvalue weighted by Gasteiger charge is -2.04. The van der Waals surface area contributed by atoms with Gasteiger partial charge in [-0.2, -0.15) is 0 Å². The summed E-state index contributed by atoms with van der Waals surface area (Å²) in [7, 11) is 0. The molecule has 5 heteroatoms. The van der Waals surface area contributed by atoms with E-state index in [2.05, 4.69) is 9.97 Å². The molecule has 0 aliphatic heterocycles. The first-order chi connectivity index (χ1) is 9.66. The average Bonchev–Trinajstić information content (AvgIpc) is 2.48. The summed E-state index contributed by atoms with van der Waals surface area (Å²) < 4.78 is 0. The third kappa shape index (κ3) is 1.95. The molecule has 0 unspecified atom stereocenters. The van der Waals surface area contributed by atoms with Gasteiger partial charge in [-0.05, 0) is 12.1 Å². The maximum absolute atomic E-state index is 12.3. The van der Waals surface area contributed by atoms with Crippen LogP contribution in [0.25, 0.3) is 10.9 Å². The van der Waals surface area contributed by atoms with Gasteiger partial charge in [-0.3, -0.25) is 9.59 Å². The highest BCUT2D eigenvalue weighted by molar-refractivity contribution is 6.11. The van der Waals surface area contributed by atoms with Crippen LogP contribution < -0.4 is 5.56 Å². The van der Waals surface area contributed by atoms with Crippen LogP contribution in [0.5, 0.6) is 5.75 Å². The number of aromatic hydroxyl groups is 1. The second kappa shape index (κ2) is 4.62. The van der Waals surface area contributed by atoms with Crippen LogP contribution in [-0.4, -0.2) is 20.9 Å². The Balaban J connectivity index is 2.21. The molecular weight excluding hydrogens is 256 g/mol. The van der Waals surface area contributed by atoms with Gasteiger partial charge in [-0.1, -0.05) is 30.3 Å². The molecule has 0 aliphatic carbocycles. The number of hydrogen-bond acceptors (Lipinski definition) is 4. The van der Waals surface area contributed by atoms with Crippen molar-refractivity contribution in [2.24, 2.45) is 0 Å². The van der Waals surface area contributed by atoms with Crippen LogP contribution in [0.15, 0.2) is 53.6 Å². The van der Waals surface area contributed by atoms with E-state index in [1.807, 2.05) is 6.07 Å². The minimum Gasteiger partial charge on any atom is -0.506 e.